The van der Waals surface area contributed by atoms with Gasteiger partial charge in [0.25, 0.3) is 0 Å². The van der Waals surface area contributed by atoms with Crippen LogP contribution in [0.2, 0.25) is 0 Å². The number of hydrogen-bond donors (Lipinski definition) is 0. The van der Waals surface area contributed by atoms with Crippen LogP contribution in [0.5, 0.6) is 0 Å². The molecule has 4 nitrogen and oxygen atoms in total. The maximum atomic E-state index is 12.1. The van der Waals surface area contributed by atoms with Crippen LogP contribution in [0.4, 0.5) is 0 Å². The number of nitrogens with zero attached hydrogens (tertiary/aromatic N) is 1. The summed E-state index contributed by atoms with van der Waals surface area (Å²) in [7, 11) is 0. The van der Waals surface area contributed by atoms with Crippen molar-refractivity contribution in [2.45, 2.75) is 13.3 Å². The average Bonchev–Trinajstić information content (AvgIpc) is 2.81. The van der Waals surface area contributed by atoms with Gasteiger partial charge < -0.3 is 9.64 Å². The van der Waals surface area contributed by atoms with E-state index in [4.69, 9.17) is 4.74 Å². The molecule has 0 saturated carbocycles. The Bertz CT molecular complexity index is 287. The standard InChI is InChI=1S/C12H19NO3S/c1-3-6-13(8-11(14)16-4-2)12(15)10-5-7-17-9-10/h3,10H,1,4-9H2,2H3. The summed E-state index contributed by atoms with van der Waals surface area (Å²) in [6.45, 7) is 6.14. The van der Waals surface area contributed by atoms with Gasteiger partial charge in [0.15, 0.2) is 0 Å². The Morgan fingerprint density at radius 3 is 2.88 bits per heavy atom. The first-order valence-electron chi connectivity index (χ1n) is 5.82. The second kappa shape index (κ2) is 7.37. The highest BCUT2D eigenvalue weighted by Crippen LogP contribution is 2.25. The van der Waals surface area contributed by atoms with Crippen molar-refractivity contribution in [3.05, 3.63) is 12.7 Å². The van der Waals surface area contributed by atoms with E-state index in [2.05, 4.69) is 6.58 Å². The minimum absolute atomic E-state index is 0.0276. The molecule has 17 heavy (non-hydrogen) atoms. The number of rotatable bonds is 6. The van der Waals surface area contributed by atoms with Gasteiger partial charge in [-0.1, -0.05) is 6.08 Å². The smallest absolute Gasteiger partial charge is 0.325 e. The van der Waals surface area contributed by atoms with Gasteiger partial charge in [0, 0.05) is 18.2 Å². The van der Waals surface area contributed by atoms with E-state index in [1.165, 1.54) is 4.90 Å². The zero-order valence-electron chi connectivity index (χ0n) is 10.2. The van der Waals surface area contributed by atoms with E-state index < -0.39 is 0 Å². The Hall–Kier alpha value is -0.970. The molecule has 0 aromatic carbocycles. The van der Waals surface area contributed by atoms with E-state index in [9.17, 15) is 9.59 Å². The molecule has 1 rings (SSSR count). The quantitative estimate of drug-likeness (QED) is 0.532. The molecule has 1 amide bonds. The number of ether oxygens (including phenoxy) is 1. The summed E-state index contributed by atoms with van der Waals surface area (Å²) < 4.78 is 4.86. The van der Waals surface area contributed by atoms with Gasteiger partial charge >= 0.3 is 5.97 Å². The van der Waals surface area contributed by atoms with Gasteiger partial charge in [-0.15, -0.1) is 6.58 Å². The number of thioether (sulfide) groups is 1. The van der Waals surface area contributed by atoms with Crippen molar-refractivity contribution in [1.82, 2.24) is 4.90 Å². The monoisotopic (exact) mass is 257 g/mol. The zero-order chi connectivity index (χ0) is 12.7. The summed E-state index contributed by atoms with van der Waals surface area (Å²) in [4.78, 5) is 25.1. The van der Waals surface area contributed by atoms with E-state index in [0.29, 0.717) is 13.2 Å². The Labute approximate surface area is 106 Å². The molecule has 0 aromatic rings. The highest BCUT2D eigenvalue weighted by atomic mass is 32.2. The van der Waals surface area contributed by atoms with Crippen LogP contribution in [-0.2, 0) is 14.3 Å². The highest BCUT2D eigenvalue weighted by molar-refractivity contribution is 7.99. The molecule has 1 aliphatic heterocycles. The fraction of sp³-hybridized carbons (Fsp3) is 0.667. The molecular formula is C12H19NO3S. The summed E-state index contributed by atoms with van der Waals surface area (Å²) in [5.74, 6) is 1.62. The summed E-state index contributed by atoms with van der Waals surface area (Å²) in [5, 5.41) is 0. The molecule has 1 atom stereocenters. The van der Waals surface area contributed by atoms with Gasteiger partial charge in [0.1, 0.15) is 6.54 Å². The van der Waals surface area contributed by atoms with Crippen LogP contribution in [0, 0.1) is 5.92 Å². The molecule has 1 heterocycles. The Balaban J connectivity index is 2.54. The maximum absolute atomic E-state index is 12.1. The topological polar surface area (TPSA) is 46.6 Å². The number of carbonyl (C=O) groups excluding carboxylic acids is 2. The fourth-order valence-electron chi connectivity index (χ4n) is 1.74. The Kier molecular flexibility index (Phi) is 6.11. The molecular weight excluding hydrogens is 238 g/mol. The highest BCUT2D eigenvalue weighted by Gasteiger charge is 2.28. The minimum atomic E-state index is -0.353. The first-order valence-corrected chi connectivity index (χ1v) is 6.97. The maximum Gasteiger partial charge on any atom is 0.325 e. The lowest BCUT2D eigenvalue weighted by molar-refractivity contribution is -0.149. The summed E-state index contributed by atoms with van der Waals surface area (Å²) in [6.07, 6.45) is 2.54. The van der Waals surface area contributed by atoms with Gasteiger partial charge in [-0.25, -0.2) is 0 Å². The number of amides is 1. The molecule has 0 radical (unpaired) electrons. The van der Waals surface area contributed by atoms with Crippen molar-refractivity contribution in [2.75, 3.05) is 31.2 Å². The van der Waals surface area contributed by atoms with E-state index in [1.54, 1.807) is 24.8 Å². The fourth-order valence-corrected chi connectivity index (χ4v) is 2.95. The second-order valence-electron chi connectivity index (χ2n) is 3.87. The van der Waals surface area contributed by atoms with Crippen LogP contribution >= 0.6 is 11.8 Å². The first-order chi connectivity index (χ1) is 8.19. The molecule has 0 bridgehead atoms. The zero-order valence-corrected chi connectivity index (χ0v) is 11.0. The predicted octanol–water partition coefficient (Wildman–Crippen LogP) is 1.32. The lowest BCUT2D eigenvalue weighted by Crippen LogP contribution is -2.40. The van der Waals surface area contributed by atoms with Crippen LogP contribution in [-0.4, -0.2) is 48.0 Å². The molecule has 0 N–H and O–H groups in total. The van der Waals surface area contributed by atoms with E-state index in [-0.39, 0.29) is 24.3 Å². The second-order valence-corrected chi connectivity index (χ2v) is 5.02. The molecule has 5 heteroatoms. The normalized spacial score (nSPS) is 18.8. The third kappa shape index (κ3) is 4.42. The predicted molar refractivity (Wildman–Crippen MR) is 68.8 cm³/mol. The van der Waals surface area contributed by atoms with E-state index >= 15 is 0 Å². The molecule has 0 spiro atoms. The van der Waals surface area contributed by atoms with E-state index in [1.807, 2.05) is 0 Å². The van der Waals surface area contributed by atoms with Gasteiger partial charge in [-0.2, -0.15) is 11.8 Å². The molecule has 0 aromatic heterocycles. The van der Waals surface area contributed by atoms with Gasteiger partial charge in [-0.05, 0) is 19.1 Å². The Morgan fingerprint density at radius 2 is 2.35 bits per heavy atom. The van der Waals surface area contributed by atoms with Crippen molar-refractivity contribution in [2.24, 2.45) is 5.92 Å². The molecule has 1 fully saturated rings. The van der Waals surface area contributed by atoms with Gasteiger partial charge in [0.05, 0.1) is 6.61 Å². The number of esters is 1. The average molecular weight is 257 g/mol. The number of hydrogen-bond acceptors (Lipinski definition) is 4. The molecule has 1 saturated heterocycles. The van der Waals surface area contributed by atoms with Crippen LogP contribution in [0.15, 0.2) is 12.7 Å². The van der Waals surface area contributed by atoms with Crippen molar-refractivity contribution >= 4 is 23.6 Å². The van der Waals surface area contributed by atoms with Gasteiger partial charge in [0.2, 0.25) is 5.91 Å². The van der Waals surface area contributed by atoms with Gasteiger partial charge in [-0.3, -0.25) is 9.59 Å². The summed E-state index contributed by atoms with van der Waals surface area (Å²) in [6, 6.07) is 0. The minimum Gasteiger partial charge on any atom is -0.465 e. The molecule has 1 aliphatic rings. The van der Waals surface area contributed by atoms with Crippen LogP contribution in [0.1, 0.15) is 13.3 Å². The lowest BCUT2D eigenvalue weighted by Gasteiger charge is -2.23. The van der Waals surface area contributed by atoms with Crippen molar-refractivity contribution in [3.63, 3.8) is 0 Å². The third-order valence-corrected chi connectivity index (χ3v) is 3.73. The Morgan fingerprint density at radius 1 is 1.59 bits per heavy atom. The van der Waals surface area contributed by atoms with Crippen LogP contribution in [0.25, 0.3) is 0 Å². The summed E-state index contributed by atoms with van der Waals surface area (Å²) in [5.41, 5.74) is 0. The largest absolute Gasteiger partial charge is 0.465 e. The van der Waals surface area contributed by atoms with Crippen molar-refractivity contribution < 1.29 is 14.3 Å². The molecule has 1 unspecified atom stereocenters. The van der Waals surface area contributed by atoms with Crippen molar-refractivity contribution in [1.29, 1.82) is 0 Å². The summed E-state index contributed by atoms with van der Waals surface area (Å²) >= 11 is 1.79. The van der Waals surface area contributed by atoms with Crippen molar-refractivity contribution in [3.8, 4) is 0 Å². The molecule has 0 aliphatic carbocycles. The first kappa shape index (κ1) is 14.1. The van der Waals surface area contributed by atoms with Crippen LogP contribution < -0.4 is 0 Å². The molecule has 96 valence electrons. The van der Waals surface area contributed by atoms with Crippen LogP contribution in [0.3, 0.4) is 0 Å². The SMILES string of the molecule is C=CCN(CC(=O)OCC)C(=O)C1CCSC1. The third-order valence-electron chi connectivity index (χ3n) is 2.57. The number of carbonyl (C=O) groups is 2. The lowest BCUT2D eigenvalue weighted by atomic mass is 10.1. The van der Waals surface area contributed by atoms with E-state index in [0.717, 1.165) is 17.9 Å².